The summed E-state index contributed by atoms with van der Waals surface area (Å²) in [7, 11) is 0. The van der Waals surface area contributed by atoms with Crippen LogP contribution >= 0.6 is 11.5 Å². The summed E-state index contributed by atoms with van der Waals surface area (Å²) in [5, 5.41) is 16.8. The minimum absolute atomic E-state index is 0.438. The van der Waals surface area contributed by atoms with Gasteiger partial charge in [-0.3, -0.25) is 0 Å². The summed E-state index contributed by atoms with van der Waals surface area (Å²) in [6, 6.07) is 0.463. The van der Waals surface area contributed by atoms with Gasteiger partial charge in [-0.15, -0.1) is 15.3 Å². The molecule has 0 amide bonds. The van der Waals surface area contributed by atoms with Crippen LogP contribution in [0.1, 0.15) is 19.7 Å². The predicted molar refractivity (Wildman–Crippen MR) is 60.0 cm³/mol. The lowest BCUT2D eigenvalue weighted by molar-refractivity contribution is 0.483. The summed E-state index contributed by atoms with van der Waals surface area (Å²) >= 11 is 1.26. The van der Waals surface area contributed by atoms with E-state index in [0.29, 0.717) is 23.5 Å². The third-order valence-electron chi connectivity index (χ3n) is 1.94. The molecule has 7 heteroatoms. The molecule has 0 fully saturated rings. The summed E-state index contributed by atoms with van der Waals surface area (Å²) in [5.74, 6) is 1.06. The first kappa shape index (κ1) is 11.2. The number of aromatic nitrogens is 4. The number of nitrogens with one attached hydrogen (secondary N) is 1. The Morgan fingerprint density at radius 1 is 1.38 bits per heavy atom. The Labute approximate surface area is 97.3 Å². The van der Waals surface area contributed by atoms with Crippen LogP contribution in [0.2, 0.25) is 0 Å². The Bertz CT molecular complexity index is 425. The highest BCUT2D eigenvalue weighted by molar-refractivity contribution is 7.03. The number of nitrogens with zero attached hydrogens (tertiary/aromatic N) is 4. The van der Waals surface area contributed by atoms with Crippen LogP contribution in [0.15, 0.2) is 9.80 Å². The average Bonchev–Trinajstić information content (AvgIpc) is 2.85. The van der Waals surface area contributed by atoms with E-state index in [1.165, 1.54) is 11.5 Å². The maximum absolute atomic E-state index is 5.45. The van der Waals surface area contributed by atoms with Crippen LogP contribution in [0, 0.1) is 0 Å². The summed E-state index contributed by atoms with van der Waals surface area (Å²) in [6.07, 6.45) is 0.725. The molecule has 0 aliphatic heterocycles. The van der Waals surface area contributed by atoms with Gasteiger partial charge in [0.2, 0.25) is 5.89 Å². The van der Waals surface area contributed by atoms with Crippen molar-refractivity contribution < 1.29 is 4.42 Å². The topological polar surface area (TPSA) is 76.7 Å². The van der Waals surface area contributed by atoms with Gasteiger partial charge in [0.25, 0.3) is 5.89 Å². The Kier molecular flexibility index (Phi) is 3.58. The predicted octanol–water partition coefficient (Wildman–Crippen LogP) is 1.13. The van der Waals surface area contributed by atoms with Crippen LogP contribution in [-0.2, 0) is 6.42 Å². The van der Waals surface area contributed by atoms with Crippen molar-refractivity contribution in [2.75, 3.05) is 6.54 Å². The van der Waals surface area contributed by atoms with E-state index in [1.807, 2.05) is 0 Å². The monoisotopic (exact) mass is 239 g/mol. The van der Waals surface area contributed by atoms with Crippen LogP contribution in [0.25, 0.3) is 11.6 Å². The lowest BCUT2D eigenvalue weighted by Gasteiger charge is -2.04. The van der Waals surface area contributed by atoms with Crippen molar-refractivity contribution in [3.63, 3.8) is 0 Å². The van der Waals surface area contributed by atoms with Crippen LogP contribution < -0.4 is 5.32 Å². The molecule has 2 aromatic rings. The highest BCUT2D eigenvalue weighted by Crippen LogP contribution is 2.15. The van der Waals surface area contributed by atoms with Crippen molar-refractivity contribution in [2.24, 2.45) is 0 Å². The van der Waals surface area contributed by atoms with Crippen LogP contribution in [-0.4, -0.2) is 32.4 Å². The maximum Gasteiger partial charge on any atom is 0.269 e. The molecule has 2 heterocycles. The van der Waals surface area contributed by atoms with E-state index in [-0.39, 0.29) is 0 Å². The summed E-state index contributed by atoms with van der Waals surface area (Å²) in [4.78, 5) is 0. The third-order valence-corrected chi connectivity index (χ3v) is 2.44. The zero-order valence-corrected chi connectivity index (χ0v) is 9.99. The smallest absolute Gasteiger partial charge is 0.269 e. The molecule has 2 rings (SSSR count). The molecule has 16 heavy (non-hydrogen) atoms. The second-order valence-electron chi connectivity index (χ2n) is 3.65. The van der Waals surface area contributed by atoms with Gasteiger partial charge >= 0.3 is 0 Å². The highest BCUT2D eigenvalue weighted by atomic mass is 32.1. The van der Waals surface area contributed by atoms with Crippen molar-refractivity contribution in [3.8, 4) is 11.6 Å². The van der Waals surface area contributed by atoms with Gasteiger partial charge in [0.05, 0.1) is 0 Å². The SMILES string of the molecule is CC(C)NCCc1nnc(-c2csnn2)o1. The van der Waals surface area contributed by atoms with Crippen molar-refractivity contribution in [3.05, 3.63) is 11.3 Å². The molecule has 0 spiro atoms. The van der Waals surface area contributed by atoms with Crippen molar-refractivity contribution in [2.45, 2.75) is 26.3 Å². The summed E-state index contributed by atoms with van der Waals surface area (Å²) in [6.45, 7) is 5.02. The molecule has 0 aliphatic carbocycles. The van der Waals surface area contributed by atoms with E-state index in [9.17, 15) is 0 Å². The summed E-state index contributed by atoms with van der Waals surface area (Å²) in [5.41, 5.74) is 0.639. The molecular formula is C9H13N5OS. The Hall–Kier alpha value is -1.34. The second-order valence-corrected chi connectivity index (χ2v) is 4.26. The van der Waals surface area contributed by atoms with Gasteiger partial charge in [0.15, 0.2) is 5.69 Å². The first-order valence-electron chi connectivity index (χ1n) is 5.09. The minimum Gasteiger partial charge on any atom is -0.419 e. The molecule has 6 nitrogen and oxygen atoms in total. The molecule has 0 unspecified atom stereocenters. The second kappa shape index (κ2) is 5.13. The molecule has 0 aromatic carbocycles. The zero-order chi connectivity index (χ0) is 11.4. The number of hydrogen-bond acceptors (Lipinski definition) is 7. The molecule has 0 bridgehead atoms. The molecule has 0 radical (unpaired) electrons. The van der Waals surface area contributed by atoms with Crippen molar-refractivity contribution >= 4 is 11.5 Å². The first-order chi connectivity index (χ1) is 7.75. The molecule has 2 aromatic heterocycles. The molecule has 0 atom stereocenters. The average molecular weight is 239 g/mol. The molecule has 86 valence electrons. The molecular weight excluding hydrogens is 226 g/mol. The Balaban J connectivity index is 1.93. The van der Waals surface area contributed by atoms with Crippen molar-refractivity contribution in [1.82, 2.24) is 25.1 Å². The number of rotatable bonds is 5. The van der Waals surface area contributed by atoms with Gasteiger partial charge in [-0.25, -0.2) is 0 Å². The fourth-order valence-corrected chi connectivity index (χ4v) is 1.61. The normalized spacial score (nSPS) is 11.2. The van der Waals surface area contributed by atoms with E-state index < -0.39 is 0 Å². The van der Waals surface area contributed by atoms with E-state index in [2.05, 4.69) is 38.9 Å². The van der Waals surface area contributed by atoms with Gasteiger partial charge in [0, 0.05) is 24.4 Å². The number of hydrogen-bond donors (Lipinski definition) is 1. The minimum atomic E-state index is 0.438. The highest BCUT2D eigenvalue weighted by Gasteiger charge is 2.10. The van der Waals surface area contributed by atoms with Crippen molar-refractivity contribution in [1.29, 1.82) is 0 Å². The van der Waals surface area contributed by atoms with Crippen LogP contribution in [0.5, 0.6) is 0 Å². The van der Waals surface area contributed by atoms with E-state index in [4.69, 9.17) is 4.42 Å². The van der Waals surface area contributed by atoms with E-state index in [0.717, 1.165) is 13.0 Å². The fourth-order valence-electron chi connectivity index (χ4n) is 1.18. The van der Waals surface area contributed by atoms with Gasteiger partial charge in [0.1, 0.15) is 0 Å². The lowest BCUT2D eigenvalue weighted by atomic mass is 10.3. The quantitative estimate of drug-likeness (QED) is 0.842. The molecule has 0 aliphatic rings. The van der Waals surface area contributed by atoms with Gasteiger partial charge in [-0.05, 0) is 11.5 Å². The first-order valence-corrected chi connectivity index (χ1v) is 5.92. The van der Waals surface area contributed by atoms with Gasteiger partial charge in [-0.2, -0.15) is 0 Å². The Morgan fingerprint density at radius 2 is 2.25 bits per heavy atom. The standard InChI is InChI=1S/C9H13N5OS/c1-6(2)10-4-3-8-12-13-9(15-8)7-5-16-14-11-7/h5-6,10H,3-4H2,1-2H3. The molecule has 1 N–H and O–H groups in total. The molecule has 0 saturated carbocycles. The Morgan fingerprint density at radius 3 is 2.94 bits per heavy atom. The third kappa shape index (κ3) is 2.83. The summed E-state index contributed by atoms with van der Waals surface area (Å²) < 4.78 is 9.20. The van der Waals surface area contributed by atoms with Crippen LogP contribution in [0.4, 0.5) is 0 Å². The van der Waals surface area contributed by atoms with E-state index >= 15 is 0 Å². The van der Waals surface area contributed by atoms with Crippen LogP contribution in [0.3, 0.4) is 0 Å². The van der Waals surface area contributed by atoms with E-state index in [1.54, 1.807) is 5.38 Å². The fraction of sp³-hybridized carbons (Fsp3) is 0.556. The maximum atomic E-state index is 5.45. The molecule has 0 saturated heterocycles. The zero-order valence-electron chi connectivity index (χ0n) is 9.17. The largest absolute Gasteiger partial charge is 0.419 e. The van der Waals surface area contributed by atoms with Gasteiger partial charge in [-0.1, -0.05) is 18.3 Å². The lowest BCUT2D eigenvalue weighted by Crippen LogP contribution is -2.25. The van der Waals surface area contributed by atoms with Gasteiger partial charge < -0.3 is 9.73 Å².